The minimum absolute atomic E-state index is 0.111. The van der Waals surface area contributed by atoms with Crippen LogP contribution >= 0.6 is 0 Å². The van der Waals surface area contributed by atoms with Gasteiger partial charge in [0.25, 0.3) is 5.91 Å². The second-order valence-electron chi connectivity index (χ2n) is 6.58. The molecule has 1 saturated heterocycles. The Morgan fingerprint density at radius 2 is 1.70 bits per heavy atom. The summed E-state index contributed by atoms with van der Waals surface area (Å²) in [5.41, 5.74) is 4.62. The molecule has 0 aromatic carbocycles. The highest BCUT2D eigenvalue weighted by Crippen LogP contribution is 2.42. The SMILES string of the molecule is C=CC=C1/C(=C\C)C(=O)NC1(C(=C)/C=C\C(C)=C/C)/C(C)=C/C=C(/C)C=C. The molecule has 1 aliphatic heterocycles. The molecule has 1 unspecified atom stereocenters. The van der Waals surface area contributed by atoms with Crippen LogP contribution < -0.4 is 5.32 Å². The highest BCUT2D eigenvalue weighted by atomic mass is 16.2. The van der Waals surface area contributed by atoms with E-state index >= 15 is 0 Å². The summed E-state index contributed by atoms with van der Waals surface area (Å²) in [6.45, 7) is 21.8. The molecule has 0 saturated carbocycles. The zero-order chi connectivity index (χ0) is 20.6. The van der Waals surface area contributed by atoms with Crippen molar-refractivity contribution in [1.82, 2.24) is 5.32 Å². The van der Waals surface area contributed by atoms with Crippen molar-refractivity contribution in [2.24, 2.45) is 0 Å². The van der Waals surface area contributed by atoms with Crippen LogP contribution in [-0.4, -0.2) is 11.4 Å². The van der Waals surface area contributed by atoms with Gasteiger partial charge in [0.15, 0.2) is 0 Å². The summed E-state index contributed by atoms with van der Waals surface area (Å²) in [4.78, 5) is 12.7. The van der Waals surface area contributed by atoms with Crippen LogP contribution in [0.2, 0.25) is 0 Å². The molecule has 142 valence electrons. The molecule has 1 amide bonds. The Morgan fingerprint density at radius 1 is 1.04 bits per heavy atom. The maximum atomic E-state index is 12.7. The third-order valence-electron chi connectivity index (χ3n) is 4.81. The van der Waals surface area contributed by atoms with Crippen LogP contribution in [0.25, 0.3) is 0 Å². The number of nitrogens with one attached hydrogen (secondary N) is 1. The Balaban J connectivity index is 3.72. The second kappa shape index (κ2) is 9.72. The summed E-state index contributed by atoms with van der Waals surface area (Å²) in [5, 5.41) is 3.17. The zero-order valence-electron chi connectivity index (χ0n) is 17.2. The zero-order valence-corrected chi connectivity index (χ0v) is 17.2. The fourth-order valence-corrected chi connectivity index (χ4v) is 2.97. The molecule has 1 fully saturated rings. The van der Waals surface area contributed by atoms with Gasteiger partial charge in [-0.2, -0.15) is 0 Å². The summed E-state index contributed by atoms with van der Waals surface area (Å²) in [6, 6.07) is 0. The maximum Gasteiger partial charge on any atom is 0.252 e. The van der Waals surface area contributed by atoms with E-state index in [9.17, 15) is 4.79 Å². The summed E-state index contributed by atoms with van der Waals surface area (Å²) < 4.78 is 0. The van der Waals surface area contributed by atoms with Gasteiger partial charge in [0.1, 0.15) is 5.54 Å². The van der Waals surface area contributed by atoms with Crippen LogP contribution in [0.3, 0.4) is 0 Å². The van der Waals surface area contributed by atoms with E-state index in [1.165, 1.54) is 0 Å². The molecule has 1 atom stereocenters. The lowest BCUT2D eigenvalue weighted by molar-refractivity contribution is -0.116. The topological polar surface area (TPSA) is 29.1 Å². The number of carbonyl (C=O) groups excluding carboxylic acids is 1. The Kier molecular flexibility index (Phi) is 7.99. The van der Waals surface area contributed by atoms with Crippen molar-refractivity contribution in [1.29, 1.82) is 0 Å². The highest BCUT2D eigenvalue weighted by molar-refractivity contribution is 6.05. The molecule has 0 bridgehead atoms. The van der Waals surface area contributed by atoms with Gasteiger partial charge in [-0.1, -0.05) is 85.6 Å². The Morgan fingerprint density at radius 3 is 2.22 bits per heavy atom. The molecular weight excluding hydrogens is 330 g/mol. The van der Waals surface area contributed by atoms with E-state index in [-0.39, 0.29) is 5.91 Å². The van der Waals surface area contributed by atoms with Gasteiger partial charge >= 0.3 is 0 Å². The molecule has 1 heterocycles. The first-order valence-corrected chi connectivity index (χ1v) is 9.09. The molecule has 2 heteroatoms. The van der Waals surface area contributed by atoms with Crippen molar-refractivity contribution in [3.05, 3.63) is 108 Å². The first-order valence-electron chi connectivity index (χ1n) is 9.09. The predicted molar refractivity (Wildman–Crippen MR) is 118 cm³/mol. The van der Waals surface area contributed by atoms with Crippen LogP contribution in [0, 0.1) is 0 Å². The minimum atomic E-state index is -0.810. The van der Waals surface area contributed by atoms with Crippen LogP contribution in [-0.2, 0) is 4.79 Å². The summed E-state index contributed by atoms with van der Waals surface area (Å²) in [6.07, 6.45) is 17.2. The lowest BCUT2D eigenvalue weighted by Crippen LogP contribution is -2.45. The van der Waals surface area contributed by atoms with E-state index in [0.717, 1.165) is 27.9 Å². The van der Waals surface area contributed by atoms with Crippen molar-refractivity contribution >= 4 is 5.91 Å². The fraction of sp³-hybridized carbons (Fsp3) is 0.240. The van der Waals surface area contributed by atoms with Crippen LogP contribution in [0.15, 0.2) is 108 Å². The summed E-state index contributed by atoms with van der Waals surface area (Å²) in [7, 11) is 0. The lowest BCUT2D eigenvalue weighted by Gasteiger charge is -2.33. The number of rotatable bonds is 7. The predicted octanol–water partition coefficient (Wildman–Crippen LogP) is 6.07. The van der Waals surface area contributed by atoms with Crippen molar-refractivity contribution in [2.45, 2.75) is 40.2 Å². The number of hydrogen-bond donors (Lipinski definition) is 1. The number of carbonyl (C=O) groups is 1. The van der Waals surface area contributed by atoms with Gasteiger partial charge in [-0.15, -0.1) is 0 Å². The third kappa shape index (κ3) is 4.65. The van der Waals surface area contributed by atoms with Gasteiger partial charge in [0.2, 0.25) is 0 Å². The largest absolute Gasteiger partial charge is 0.335 e. The van der Waals surface area contributed by atoms with E-state index in [1.807, 2.05) is 77.2 Å². The van der Waals surface area contributed by atoms with E-state index in [0.29, 0.717) is 5.57 Å². The Bertz CT molecular complexity index is 824. The quantitative estimate of drug-likeness (QED) is 0.433. The number of amides is 1. The smallest absolute Gasteiger partial charge is 0.252 e. The molecule has 0 radical (unpaired) electrons. The van der Waals surface area contributed by atoms with Crippen LogP contribution in [0.1, 0.15) is 34.6 Å². The standard InChI is InChI=1S/C25H31NO/c1-9-13-23-22(12-4)24(27)26-25(23,20(7)16-14-18(5)10-2)21(8)17-15-19(6)11-3/h9-17H,1-2,8H2,3-7H3,(H,26,27)/b17-15-,18-14-,19-11-,20-16+,22-12+,23-13?. The Labute approximate surface area is 164 Å². The minimum Gasteiger partial charge on any atom is -0.335 e. The molecule has 1 aliphatic rings. The van der Waals surface area contributed by atoms with Crippen molar-refractivity contribution in [2.75, 3.05) is 0 Å². The lowest BCUT2D eigenvalue weighted by atomic mass is 9.76. The average Bonchev–Trinajstić information content (AvgIpc) is 2.96. The van der Waals surface area contributed by atoms with Crippen LogP contribution in [0.4, 0.5) is 0 Å². The van der Waals surface area contributed by atoms with E-state index < -0.39 is 5.54 Å². The molecule has 0 aromatic rings. The van der Waals surface area contributed by atoms with Gasteiger partial charge < -0.3 is 5.32 Å². The number of allylic oxidation sites excluding steroid dienone is 10. The fourth-order valence-electron chi connectivity index (χ4n) is 2.97. The molecule has 0 aliphatic carbocycles. The van der Waals surface area contributed by atoms with Gasteiger partial charge in [0, 0.05) is 5.57 Å². The van der Waals surface area contributed by atoms with E-state index in [1.54, 1.807) is 12.2 Å². The molecule has 1 N–H and O–H groups in total. The van der Waals surface area contributed by atoms with Gasteiger partial charge in [-0.05, 0) is 51.3 Å². The molecule has 27 heavy (non-hydrogen) atoms. The average molecular weight is 362 g/mol. The first kappa shape index (κ1) is 22.2. The molecule has 1 rings (SSSR count). The molecule has 0 spiro atoms. The molecular formula is C25H31NO. The van der Waals surface area contributed by atoms with Crippen LogP contribution in [0.5, 0.6) is 0 Å². The molecule has 2 nitrogen and oxygen atoms in total. The number of hydrogen-bond acceptors (Lipinski definition) is 1. The van der Waals surface area contributed by atoms with E-state index in [2.05, 4.69) is 25.1 Å². The molecule has 0 aromatic heterocycles. The summed E-state index contributed by atoms with van der Waals surface area (Å²) >= 11 is 0. The van der Waals surface area contributed by atoms with E-state index in [4.69, 9.17) is 0 Å². The summed E-state index contributed by atoms with van der Waals surface area (Å²) in [5.74, 6) is -0.111. The van der Waals surface area contributed by atoms with Gasteiger partial charge in [0.05, 0.1) is 0 Å². The maximum absolute atomic E-state index is 12.7. The monoisotopic (exact) mass is 361 g/mol. The van der Waals surface area contributed by atoms with Crippen molar-refractivity contribution in [3.8, 4) is 0 Å². The van der Waals surface area contributed by atoms with Gasteiger partial charge in [-0.3, -0.25) is 4.79 Å². The van der Waals surface area contributed by atoms with Crippen molar-refractivity contribution < 1.29 is 4.79 Å². The third-order valence-corrected chi connectivity index (χ3v) is 4.81. The van der Waals surface area contributed by atoms with Crippen molar-refractivity contribution in [3.63, 3.8) is 0 Å². The first-order chi connectivity index (χ1) is 12.8. The highest BCUT2D eigenvalue weighted by Gasteiger charge is 2.47. The normalized spacial score (nSPS) is 24.6. The van der Waals surface area contributed by atoms with Gasteiger partial charge in [-0.25, -0.2) is 0 Å². The second-order valence-corrected chi connectivity index (χ2v) is 6.58. The Hall–Kier alpha value is -2.87.